The van der Waals surface area contributed by atoms with Crippen molar-refractivity contribution < 1.29 is 4.79 Å². The van der Waals surface area contributed by atoms with Crippen LogP contribution in [0, 0.1) is 0 Å². The van der Waals surface area contributed by atoms with Gasteiger partial charge in [0.1, 0.15) is 5.82 Å². The monoisotopic (exact) mass is 373 g/mol. The molecule has 1 atom stereocenters. The van der Waals surface area contributed by atoms with Gasteiger partial charge in [-0.2, -0.15) is 0 Å². The summed E-state index contributed by atoms with van der Waals surface area (Å²) in [4.78, 5) is 19.6. The van der Waals surface area contributed by atoms with Crippen LogP contribution in [-0.4, -0.2) is 37.1 Å². The summed E-state index contributed by atoms with van der Waals surface area (Å²) < 4.78 is 2.28. The number of aryl methyl sites for hydroxylation is 1. The van der Waals surface area contributed by atoms with Gasteiger partial charge in [-0.3, -0.25) is 4.79 Å². The van der Waals surface area contributed by atoms with Crippen molar-refractivity contribution in [3.63, 3.8) is 0 Å². The Hall–Kier alpha value is -1.76. The van der Waals surface area contributed by atoms with Crippen LogP contribution in [0.1, 0.15) is 80.3 Å². The van der Waals surface area contributed by atoms with Crippen LogP contribution in [0.4, 0.5) is 0 Å². The van der Waals surface area contributed by atoms with Crippen LogP contribution in [0.25, 0.3) is 0 Å². The normalized spacial score (nSPS) is 20.4. The summed E-state index contributed by atoms with van der Waals surface area (Å²) in [5.41, 5.74) is 0.898. The minimum atomic E-state index is 0.0741. The van der Waals surface area contributed by atoms with Gasteiger partial charge in [0.15, 0.2) is 5.82 Å². The van der Waals surface area contributed by atoms with Gasteiger partial charge < -0.3 is 9.47 Å². The summed E-state index contributed by atoms with van der Waals surface area (Å²) in [7, 11) is 0. The average Bonchev–Trinajstić information content (AvgIpc) is 3.31. The van der Waals surface area contributed by atoms with Crippen LogP contribution in [0.2, 0.25) is 0 Å². The first kappa shape index (κ1) is 17.6. The molecule has 1 saturated heterocycles. The highest BCUT2D eigenvalue weighted by Crippen LogP contribution is 2.33. The van der Waals surface area contributed by atoms with Gasteiger partial charge in [0, 0.05) is 30.8 Å². The topological polar surface area (TPSA) is 63.9 Å². The Balaban J connectivity index is 1.51. The van der Waals surface area contributed by atoms with Crippen molar-refractivity contribution in [1.82, 2.24) is 24.6 Å². The highest BCUT2D eigenvalue weighted by atomic mass is 32.1. The quantitative estimate of drug-likeness (QED) is 0.823. The van der Waals surface area contributed by atoms with E-state index in [1.165, 1.54) is 19.3 Å². The second-order valence-electron chi connectivity index (χ2n) is 7.69. The Kier molecular flexibility index (Phi) is 5.07. The molecule has 6 nitrogen and oxygen atoms in total. The van der Waals surface area contributed by atoms with E-state index in [1.54, 1.807) is 11.3 Å². The van der Waals surface area contributed by atoms with Gasteiger partial charge in [0.05, 0.1) is 23.2 Å². The van der Waals surface area contributed by atoms with E-state index in [2.05, 4.69) is 33.6 Å². The van der Waals surface area contributed by atoms with Gasteiger partial charge in [0.25, 0.3) is 0 Å². The molecule has 0 N–H and O–H groups in total. The third-order valence-electron chi connectivity index (χ3n) is 5.41. The molecule has 2 aromatic rings. The molecule has 0 aliphatic carbocycles. The van der Waals surface area contributed by atoms with Crippen molar-refractivity contribution in [1.29, 1.82) is 0 Å². The van der Waals surface area contributed by atoms with E-state index >= 15 is 0 Å². The summed E-state index contributed by atoms with van der Waals surface area (Å²) in [5, 5.41) is 12.1. The highest BCUT2D eigenvalue weighted by molar-refractivity contribution is 7.09. The third-order valence-corrected chi connectivity index (χ3v) is 6.60. The zero-order valence-corrected chi connectivity index (χ0v) is 16.5. The van der Waals surface area contributed by atoms with Gasteiger partial charge in [-0.25, -0.2) is 4.98 Å². The van der Waals surface area contributed by atoms with Crippen molar-refractivity contribution in [2.45, 2.75) is 77.3 Å². The van der Waals surface area contributed by atoms with Crippen LogP contribution in [-0.2, 0) is 24.2 Å². The molecule has 0 aromatic carbocycles. The second-order valence-corrected chi connectivity index (χ2v) is 8.58. The Labute approximate surface area is 158 Å². The summed E-state index contributed by atoms with van der Waals surface area (Å²) in [6.45, 7) is 6.07. The third kappa shape index (κ3) is 3.41. The molecule has 140 valence electrons. The molecule has 0 bridgehead atoms. The molecule has 2 aliphatic rings. The van der Waals surface area contributed by atoms with E-state index < -0.39 is 0 Å². The number of carbonyl (C=O) groups is 1. The molecule has 0 radical (unpaired) electrons. The number of fused-ring (bicyclic) bond motifs is 1. The molecule has 26 heavy (non-hydrogen) atoms. The Morgan fingerprint density at radius 1 is 1.23 bits per heavy atom. The first-order valence-electron chi connectivity index (χ1n) is 9.79. The molecule has 4 rings (SSSR count). The van der Waals surface area contributed by atoms with Crippen LogP contribution in [0.15, 0.2) is 5.38 Å². The Morgan fingerprint density at radius 2 is 2.12 bits per heavy atom. The second kappa shape index (κ2) is 7.47. The minimum absolute atomic E-state index is 0.0741. The summed E-state index contributed by atoms with van der Waals surface area (Å²) in [5.74, 6) is 2.67. The highest BCUT2D eigenvalue weighted by Gasteiger charge is 2.34. The lowest BCUT2D eigenvalue weighted by atomic mass is 10.2. The zero-order chi connectivity index (χ0) is 18.1. The van der Waals surface area contributed by atoms with Crippen LogP contribution in [0.5, 0.6) is 0 Å². The number of carbonyl (C=O) groups excluding carboxylic acids is 1. The molecule has 0 saturated carbocycles. The van der Waals surface area contributed by atoms with E-state index in [0.29, 0.717) is 12.3 Å². The van der Waals surface area contributed by atoms with E-state index in [4.69, 9.17) is 0 Å². The first-order chi connectivity index (χ1) is 12.6. The first-order valence-corrected chi connectivity index (χ1v) is 10.7. The molecule has 4 heterocycles. The SMILES string of the molecule is CC(C)c1nc(CC(=O)N2CCC[C@H]2c2nnc3n2CCCCC3)cs1. The van der Waals surface area contributed by atoms with Gasteiger partial charge in [-0.05, 0) is 25.7 Å². The number of aromatic nitrogens is 4. The van der Waals surface area contributed by atoms with Crippen LogP contribution in [0.3, 0.4) is 0 Å². The van der Waals surface area contributed by atoms with Gasteiger partial charge in [-0.15, -0.1) is 21.5 Å². The lowest BCUT2D eigenvalue weighted by Crippen LogP contribution is -2.33. The standard InChI is InChI=1S/C19H27N5OS/c1-13(2)19-20-14(12-26-19)11-17(25)23-10-6-7-15(23)18-22-21-16-8-4-3-5-9-24(16)18/h12-13,15H,3-11H2,1-2H3/t15-/m0/s1. The van der Waals surface area contributed by atoms with E-state index in [0.717, 1.165) is 54.7 Å². The van der Waals surface area contributed by atoms with Gasteiger partial charge >= 0.3 is 0 Å². The Morgan fingerprint density at radius 3 is 2.92 bits per heavy atom. The van der Waals surface area contributed by atoms with Crippen LogP contribution >= 0.6 is 11.3 Å². The number of hydrogen-bond donors (Lipinski definition) is 0. The van der Waals surface area contributed by atoms with Gasteiger partial charge in [-0.1, -0.05) is 20.3 Å². The molecule has 1 fully saturated rings. The van der Waals surface area contributed by atoms with E-state index in [9.17, 15) is 4.79 Å². The van der Waals surface area contributed by atoms with Gasteiger partial charge in [0.2, 0.25) is 5.91 Å². The van der Waals surface area contributed by atoms with Crippen molar-refractivity contribution in [2.75, 3.05) is 6.54 Å². The average molecular weight is 374 g/mol. The van der Waals surface area contributed by atoms with Crippen molar-refractivity contribution in [3.8, 4) is 0 Å². The predicted octanol–water partition coefficient (Wildman–Crippen LogP) is 3.49. The van der Waals surface area contributed by atoms with Crippen LogP contribution < -0.4 is 0 Å². The summed E-state index contributed by atoms with van der Waals surface area (Å²) in [6, 6.07) is 0.0741. The molecule has 2 aromatic heterocycles. The number of nitrogens with zero attached hydrogens (tertiary/aromatic N) is 5. The molecule has 1 amide bonds. The number of hydrogen-bond acceptors (Lipinski definition) is 5. The zero-order valence-electron chi connectivity index (χ0n) is 15.6. The maximum atomic E-state index is 13.0. The van der Waals surface area contributed by atoms with Crippen molar-refractivity contribution in [2.24, 2.45) is 0 Å². The summed E-state index contributed by atoms with van der Waals surface area (Å²) in [6.07, 6.45) is 7.03. The van der Waals surface area contributed by atoms with E-state index in [-0.39, 0.29) is 11.9 Å². The molecule has 0 spiro atoms. The smallest absolute Gasteiger partial charge is 0.229 e. The van der Waals surface area contributed by atoms with Crippen molar-refractivity contribution in [3.05, 3.63) is 27.7 Å². The lowest BCUT2D eigenvalue weighted by Gasteiger charge is -2.24. The fourth-order valence-electron chi connectivity index (χ4n) is 4.01. The number of rotatable bonds is 4. The molecular formula is C19H27N5OS. The maximum absolute atomic E-state index is 13.0. The maximum Gasteiger partial charge on any atom is 0.229 e. The van der Waals surface area contributed by atoms with Crippen molar-refractivity contribution >= 4 is 17.2 Å². The lowest BCUT2D eigenvalue weighted by molar-refractivity contribution is -0.131. The fraction of sp³-hybridized carbons (Fsp3) is 0.684. The Bertz CT molecular complexity index is 781. The molecular weight excluding hydrogens is 346 g/mol. The van der Waals surface area contributed by atoms with E-state index in [1.807, 2.05) is 10.3 Å². The number of likely N-dealkylation sites (tertiary alicyclic amines) is 1. The molecule has 7 heteroatoms. The number of amides is 1. The predicted molar refractivity (Wildman–Crippen MR) is 101 cm³/mol. The summed E-state index contributed by atoms with van der Waals surface area (Å²) >= 11 is 1.65. The molecule has 0 unspecified atom stereocenters. The largest absolute Gasteiger partial charge is 0.332 e. The fourth-order valence-corrected chi connectivity index (χ4v) is 4.85. The minimum Gasteiger partial charge on any atom is -0.332 e. The molecule has 2 aliphatic heterocycles. The number of thiazole rings is 1.